The molecular weight excluding hydrogens is 458 g/mol. The third-order valence-electron chi connectivity index (χ3n) is 6.65. The normalized spacial score (nSPS) is 19.0. The number of fused-ring (bicyclic) bond motifs is 2. The molecule has 0 bridgehead atoms. The fraction of sp³-hybridized carbons (Fsp3) is 0.400. The summed E-state index contributed by atoms with van der Waals surface area (Å²) in [6.45, 7) is 4.58. The number of benzene rings is 1. The maximum Gasteiger partial charge on any atom is 0.332 e. The Morgan fingerprint density at radius 1 is 1.29 bits per heavy atom. The Morgan fingerprint density at radius 2 is 2.09 bits per heavy atom. The minimum Gasteiger partial charge on any atom is -0.479 e. The number of aromatic amines is 1. The van der Waals surface area contributed by atoms with Crippen LogP contribution < -0.4 is 0 Å². The number of pyridine rings is 1. The van der Waals surface area contributed by atoms with Crippen LogP contribution in [0.15, 0.2) is 30.5 Å². The number of ether oxygens (including phenoxy) is 2. The minimum absolute atomic E-state index is 0.154. The molecule has 0 aliphatic carbocycles. The number of methoxy groups -OCH3 is 1. The number of carbonyl (C=O) groups is 1. The number of rotatable bonds is 6. The summed E-state index contributed by atoms with van der Waals surface area (Å²) in [5, 5.41) is 17.1. The number of carboxylic acids is 1. The van der Waals surface area contributed by atoms with Crippen molar-refractivity contribution in [2.24, 2.45) is 0 Å². The van der Waals surface area contributed by atoms with Crippen molar-refractivity contribution in [3.8, 4) is 5.69 Å². The fourth-order valence-corrected chi connectivity index (χ4v) is 5.14. The molecule has 4 heterocycles. The summed E-state index contributed by atoms with van der Waals surface area (Å²) in [5.74, 6) is -3.02. The zero-order chi connectivity index (χ0) is 24.9. The van der Waals surface area contributed by atoms with Crippen LogP contribution in [0.25, 0.3) is 27.8 Å². The van der Waals surface area contributed by atoms with E-state index in [1.54, 1.807) is 13.3 Å². The van der Waals surface area contributed by atoms with Gasteiger partial charge in [-0.1, -0.05) is 13.8 Å². The molecule has 5 rings (SSSR count). The average Bonchev–Trinajstić information content (AvgIpc) is 3.41. The summed E-state index contributed by atoms with van der Waals surface area (Å²) < 4.78 is 41.4. The first-order valence-corrected chi connectivity index (χ1v) is 11.4. The SMILES string of the molecule is COCC(C)(C)c1c([C@H]2CC[C@H](C(=O)O)OC2)c2nc3[nH]ncc3cc2n1-c1ccc(F)c(F)c1. The van der Waals surface area contributed by atoms with Gasteiger partial charge in [-0.15, -0.1) is 0 Å². The molecule has 8 nitrogen and oxygen atoms in total. The van der Waals surface area contributed by atoms with Gasteiger partial charge in [0.2, 0.25) is 0 Å². The largest absolute Gasteiger partial charge is 0.479 e. The number of halogens is 2. The molecule has 10 heteroatoms. The molecule has 1 aromatic carbocycles. The maximum absolute atomic E-state index is 14.4. The Kier molecular flexibility index (Phi) is 5.80. The number of aromatic nitrogens is 4. The van der Waals surface area contributed by atoms with Gasteiger partial charge in [0.15, 0.2) is 23.4 Å². The predicted octanol–water partition coefficient (Wildman–Crippen LogP) is 4.45. The van der Waals surface area contributed by atoms with E-state index in [9.17, 15) is 18.7 Å². The van der Waals surface area contributed by atoms with Gasteiger partial charge in [-0.05, 0) is 31.0 Å². The van der Waals surface area contributed by atoms with Crippen LogP contribution in [0.4, 0.5) is 8.78 Å². The third kappa shape index (κ3) is 3.96. The molecule has 1 saturated heterocycles. The third-order valence-corrected chi connectivity index (χ3v) is 6.65. The van der Waals surface area contributed by atoms with Crippen LogP contribution in [0.5, 0.6) is 0 Å². The van der Waals surface area contributed by atoms with E-state index in [1.165, 1.54) is 12.1 Å². The molecule has 0 saturated carbocycles. The van der Waals surface area contributed by atoms with Gasteiger partial charge in [0.25, 0.3) is 0 Å². The molecule has 0 radical (unpaired) electrons. The topological polar surface area (TPSA) is 102 Å². The van der Waals surface area contributed by atoms with Crippen molar-refractivity contribution in [3.63, 3.8) is 0 Å². The van der Waals surface area contributed by atoms with Gasteiger partial charge in [-0.3, -0.25) is 5.10 Å². The van der Waals surface area contributed by atoms with E-state index in [1.807, 2.05) is 24.5 Å². The van der Waals surface area contributed by atoms with Crippen LogP contribution in [0.3, 0.4) is 0 Å². The van der Waals surface area contributed by atoms with Gasteiger partial charge >= 0.3 is 5.97 Å². The zero-order valence-electron chi connectivity index (χ0n) is 19.6. The average molecular weight is 485 g/mol. The van der Waals surface area contributed by atoms with Crippen molar-refractivity contribution in [2.45, 2.75) is 44.1 Å². The van der Waals surface area contributed by atoms with Crippen molar-refractivity contribution >= 4 is 28.0 Å². The van der Waals surface area contributed by atoms with E-state index < -0.39 is 29.1 Å². The monoisotopic (exact) mass is 484 g/mol. The van der Waals surface area contributed by atoms with Crippen molar-refractivity contribution in [1.82, 2.24) is 19.7 Å². The molecule has 2 atom stereocenters. The number of aliphatic carboxylic acids is 1. The number of nitrogens with zero attached hydrogens (tertiary/aromatic N) is 3. The summed E-state index contributed by atoms with van der Waals surface area (Å²) in [7, 11) is 1.61. The van der Waals surface area contributed by atoms with Crippen molar-refractivity contribution < 1.29 is 28.2 Å². The lowest BCUT2D eigenvalue weighted by Gasteiger charge is -2.32. The predicted molar refractivity (Wildman–Crippen MR) is 125 cm³/mol. The first-order chi connectivity index (χ1) is 16.7. The highest BCUT2D eigenvalue weighted by Crippen LogP contribution is 2.44. The molecule has 1 aliphatic rings. The summed E-state index contributed by atoms with van der Waals surface area (Å²) in [4.78, 5) is 16.3. The van der Waals surface area contributed by atoms with Gasteiger partial charge in [-0.2, -0.15) is 5.10 Å². The standard InChI is InChI=1S/C25H26F2N4O4/c1-25(2,12-34-3)22-20(13-4-7-19(24(32)33)35-11-13)21-18(8-14-10-28-30-23(14)29-21)31(22)15-5-6-16(26)17(27)9-15/h5-6,8-10,13,19H,4,7,11-12H2,1-3H3,(H,32,33)(H,28,29,30)/t13-,19+/m0/s1. The lowest BCUT2D eigenvalue weighted by molar-refractivity contribution is -0.153. The summed E-state index contributed by atoms with van der Waals surface area (Å²) in [6.07, 6.45) is 1.74. The number of carboxylic acid groups (broad SMARTS) is 1. The molecule has 0 spiro atoms. The van der Waals surface area contributed by atoms with E-state index in [-0.39, 0.29) is 12.5 Å². The van der Waals surface area contributed by atoms with Gasteiger partial charge < -0.3 is 19.1 Å². The van der Waals surface area contributed by atoms with E-state index in [4.69, 9.17) is 14.5 Å². The molecule has 3 aromatic heterocycles. The quantitative estimate of drug-likeness (QED) is 0.419. The minimum atomic E-state index is -0.982. The second-order valence-electron chi connectivity index (χ2n) is 9.61. The molecule has 1 aliphatic heterocycles. The second kappa shape index (κ2) is 8.69. The molecule has 4 aromatic rings. The Balaban J connectivity index is 1.83. The van der Waals surface area contributed by atoms with Gasteiger partial charge in [0, 0.05) is 46.8 Å². The van der Waals surface area contributed by atoms with Crippen molar-refractivity contribution in [2.75, 3.05) is 20.3 Å². The van der Waals surface area contributed by atoms with Crippen molar-refractivity contribution in [1.29, 1.82) is 0 Å². The van der Waals surface area contributed by atoms with Crippen molar-refractivity contribution in [3.05, 3.63) is 53.4 Å². The zero-order valence-corrected chi connectivity index (χ0v) is 19.6. The molecular formula is C25H26F2N4O4. The first kappa shape index (κ1) is 23.4. The molecule has 0 amide bonds. The Hall–Kier alpha value is -3.37. The van der Waals surface area contributed by atoms with Crippen LogP contribution in [0.1, 0.15) is 43.9 Å². The van der Waals surface area contributed by atoms with Crippen LogP contribution in [0.2, 0.25) is 0 Å². The van der Waals surface area contributed by atoms with E-state index in [0.29, 0.717) is 41.8 Å². The molecule has 0 unspecified atom stereocenters. The Morgan fingerprint density at radius 3 is 2.74 bits per heavy atom. The second-order valence-corrected chi connectivity index (χ2v) is 9.61. The summed E-state index contributed by atoms with van der Waals surface area (Å²) in [5.41, 5.74) is 3.57. The summed E-state index contributed by atoms with van der Waals surface area (Å²) >= 11 is 0. The lowest BCUT2D eigenvalue weighted by atomic mass is 9.81. The van der Waals surface area contributed by atoms with Crippen LogP contribution >= 0.6 is 0 Å². The number of nitrogens with one attached hydrogen (secondary N) is 1. The van der Waals surface area contributed by atoms with Crippen LogP contribution in [0, 0.1) is 11.6 Å². The van der Waals surface area contributed by atoms with E-state index in [2.05, 4.69) is 10.2 Å². The molecule has 1 fully saturated rings. The van der Waals surface area contributed by atoms with Gasteiger partial charge in [0.1, 0.15) is 0 Å². The fourth-order valence-electron chi connectivity index (χ4n) is 5.14. The number of H-pyrrole nitrogens is 1. The number of hydrogen-bond donors (Lipinski definition) is 2. The van der Waals surface area contributed by atoms with Crippen LogP contribution in [-0.2, 0) is 19.7 Å². The highest BCUT2D eigenvalue weighted by Gasteiger charge is 2.38. The van der Waals surface area contributed by atoms with Gasteiger partial charge in [-0.25, -0.2) is 18.6 Å². The number of hydrogen-bond acceptors (Lipinski definition) is 5. The lowest BCUT2D eigenvalue weighted by Crippen LogP contribution is -2.33. The van der Waals surface area contributed by atoms with E-state index in [0.717, 1.165) is 22.7 Å². The van der Waals surface area contributed by atoms with Gasteiger partial charge in [0.05, 0.1) is 30.4 Å². The first-order valence-electron chi connectivity index (χ1n) is 11.4. The molecule has 35 heavy (non-hydrogen) atoms. The highest BCUT2D eigenvalue weighted by molar-refractivity contribution is 5.94. The summed E-state index contributed by atoms with van der Waals surface area (Å²) in [6, 6.07) is 5.73. The molecule has 2 N–H and O–H groups in total. The molecule has 184 valence electrons. The Labute approximate surface area is 199 Å². The maximum atomic E-state index is 14.4. The van der Waals surface area contributed by atoms with Crippen LogP contribution in [-0.4, -0.2) is 57.3 Å². The Bertz CT molecular complexity index is 1420. The highest BCUT2D eigenvalue weighted by atomic mass is 19.2. The van der Waals surface area contributed by atoms with E-state index >= 15 is 0 Å². The smallest absolute Gasteiger partial charge is 0.332 e.